The summed E-state index contributed by atoms with van der Waals surface area (Å²) >= 11 is 0. The van der Waals surface area contributed by atoms with Gasteiger partial charge in [-0.1, -0.05) is 30.3 Å². The number of hydrogen-bond acceptors (Lipinski definition) is 30. The molecule has 1 aromatic carbocycles. The van der Waals surface area contributed by atoms with Gasteiger partial charge in [0.15, 0.2) is 37.7 Å². The maximum atomic E-state index is 12.1. The number of rotatable bonds is 8. The third kappa shape index (κ3) is 13.3. The van der Waals surface area contributed by atoms with Crippen molar-refractivity contribution in [2.45, 2.75) is 210 Å². The minimum Gasteiger partial charge on any atom is -0.394 e. The highest BCUT2D eigenvalue weighted by atomic mass is 16.8. The van der Waals surface area contributed by atoms with Crippen LogP contribution in [-0.4, -0.2) is 330 Å². The monoisotopic (exact) mass is 1140 g/mol. The number of fused-ring (bicyclic) bond motifs is 4. The number of hydrogen-bond donors (Lipinski definition) is 17. The summed E-state index contributed by atoms with van der Waals surface area (Å²) in [4.78, 5) is 1.98. The molecule has 12 heterocycles. The highest BCUT2D eigenvalue weighted by molar-refractivity contribution is 5.14. The van der Waals surface area contributed by atoms with Gasteiger partial charge in [0.2, 0.25) is 0 Å². The number of benzene rings is 1. The van der Waals surface area contributed by atoms with Crippen molar-refractivity contribution in [3.8, 4) is 0 Å². The molecule has 79 heavy (non-hydrogen) atoms. The molecule has 0 aromatic heterocycles. The van der Waals surface area contributed by atoms with Gasteiger partial charge in [0.1, 0.15) is 146 Å². The standard InChI is InChI=1S/C49H78N2O28/c52-15-22-40-30(60)36(66)48(72-22)79-43-25(18-55)71-47(35(65)29(43)59)75-39-21-14-51(12-6-9-19-7-2-1-3-8-19)11-5-4-10-50-13-20-38(26(56)32(62)44(68-20)76-40)74-46-34(64)28(58)42(24(17-54)70-46)78-49-37(67)31(61)41(23(16-53)73-49)77-45(69-21)33(63)27(39)57/h1-3,7-8,20-50,52-67H,4-6,9-18H2/t20?,21?,22?,23?,24?,25?,26?,27?,28?,29?,30?,31?,32?,33?,34?,35?,36?,37?,38-,39-,40-,41-,42-,43-,44-,45-,46-,47-,48-,49-/m1/s1. The Balaban J connectivity index is 1.11. The summed E-state index contributed by atoms with van der Waals surface area (Å²) in [5, 5.41) is 185. The van der Waals surface area contributed by atoms with Crippen molar-refractivity contribution in [2.75, 3.05) is 59.2 Å². The SMILES string of the molecule is OCC1O[C@@H]2O[C@@H]3C4CNCCCCN(CCCc5ccccc5)CC5O[C@H](O[C@@H]6C(CO)O[C@H](O[C@H]1C(O)C2O)C(O)C6O)C(O)C(O)[C@@H]5O[C@H]1OC(CO)[C@@H](O[C@H]2OC(CO)[C@@H](O[C@@H](O4)C(O)C3O)C(O)C2O)C(O)C1O. The Labute approximate surface area is 452 Å². The lowest BCUT2D eigenvalue weighted by Gasteiger charge is -2.51. The van der Waals surface area contributed by atoms with E-state index in [2.05, 4.69) is 5.32 Å². The van der Waals surface area contributed by atoms with Crippen molar-refractivity contribution < 1.29 is 139 Å². The zero-order chi connectivity index (χ0) is 56.4. The summed E-state index contributed by atoms with van der Waals surface area (Å²) in [6.45, 7) is -3.04. The van der Waals surface area contributed by atoms with E-state index in [0.29, 0.717) is 38.8 Å². The molecule has 12 saturated heterocycles. The first kappa shape index (κ1) is 61.6. The van der Waals surface area contributed by atoms with Crippen molar-refractivity contribution in [1.29, 1.82) is 0 Å². The van der Waals surface area contributed by atoms with Gasteiger partial charge in [-0.25, -0.2) is 0 Å². The smallest absolute Gasteiger partial charge is 0.187 e. The van der Waals surface area contributed by atoms with Crippen LogP contribution in [0.3, 0.4) is 0 Å². The fourth-order valence-corrected chi connectivity index (χ4v) is 11.5. The normalized spacial score (nSPS) is 49.9. The van der Waals surface area contributed by atoms with Gasteiger partial charge in [0.25, 0.3) is 0 Å². The van der Waals surface area contributed by atoms with Gasteiger partial charge in [-0.05, 0) is 50.9 Å². The van der Waals surface area contributed by atoms with Crippen molar-refractivity contribution in [1.82, 2.24) is 10.2 Å². The average Bonchev–Trinajstić information content (AvgIpc) is 3.62. The van der Waals surface area contributed by atoms with Crippen LogP contribution < -0.4 is 5.32 Å². The molecule has 0 aliphatic carbocycles. The second-order valence-electron chi connectivity index (χ2n) is 21.3. The summed E-state index contributed by atoms with van der Waals surface area (Å²) in [5.74, 6) is 0. The second-order valence-corrected chi connectivity index (χ2v) is 21.3. The van der Waals surface area contributed by atoms with Crippen LogP contribution in [0.5, 0.6) is 0 Å². The van der Waals surface area contributed by atoms with Gasteiger partial charge in [-0.15, -0.1) is 0 Å². The first-order valence-electron chi connectivity index (χ1n) is 26.9. The highest BCUT2D eigenvalue weighted by Gasteiger charge is 2.59. The zero-order valence-electron chi connectivity index (χ0n) is 42.9. The van der Waals surface area contributed by atoms with Crippen LogP contribution in [0.1, 0.15) is 24.8 Å². The molecule has 0 saturated carbocycles. The van der Waals surface area contributed by atoms with Crippen LogP contribution in [0.4, 0.5) is 0 Å². The molecule has 0 radical (unpaired) electrons. The molecule has 30 nitrogen and oxygen atoms in total. The van der Waals surface area contributed by atoms with E-state index in [1.54, 1.807) is 0 Å². The highest BCUT2D eigenvalue weighted by Crippen LogP contribution is 2.38. The lowest BCUT2D eigenvalue weighted by atomic mass is 9.94. The fourth-order valence-electron chi connectivity index (χ4n) is 11.5. The molecule has 0 amide bonds. The molecule has 452 valence electrons. The van der Waals surface area contributed by atoms with E-state index in [1.165, 1.54) is 0 Å². The molecule has 18 unspecified atom stereocenters. The number of aliphatic hydroxyl groups is 16. The summed E-state index contributed by atoms with van der Waals surface area (Å²) in [5.41, 5.74) is 1.05. The molecule has 30 atom stereocenters. The van der Waals surface area contributed by atoms with Crippen molar-refractivity contribution >= 4 is 0 Å². The fraction of sp³-hybridized carbons (Fsp3) is 0.878. The van der Waals surface area contributed by atoms with Crippen molar-refractivity contribution in [2.24, 2.45) is 0 Å². The summed E-state index contributed by atoms with van der Waals surface area (Å²) < 4.78 is 72.3. The first-order valence-corrected chi connectivity index (χ1v) is 26.9. The Kier molecular flexibility index (Phi) is 21.3. The third-order valence-corrected chi connectivity index (χ3v) is 16.0. The average molecular weight is 1140 g/mol. The Morgan fingerprint density at radius 1 is 0.392 bits per heavy atom. The van der Waals surface area contributed by atoms with E-state index in [1.807, 2.05) is 35.2 Å². The van der Waals surface area contributed by atoms with Gasteiger partial charge in [0.05, 0.1) is 26.4 Å². The molecule has 13 rings (SSSR count). The van der Waals surface area contributed by atoms with Gasteiger partial charge in [0, 0.05) is 13.1 Å². The lowest BCUT2D eigenvalue weighted by Crippen LogP contribution is -2.69. The Hall–Kier alpha value is -1.98. The van der Waals surface area contributed by atoms with E-state index in [9.17, 15) is 81.7 Å². The lowest BCUT2D eigenvalue weighted by molar-refractivity contribution is -0.403. The molecule has 12 bridgehead atoms. The van der Waals surface area contributed by atoms with E-state index in [0.717, 1.165) is 5.56 Å². The van der Waals surface area contributed by atoms with Crippen LogP contribution in [0.15, 0.2) is 30.3 Å². The largest absolute Gasteiger partial charge is 0.394 e. The molecular formula is C49H78N2O28. The molecule has 12 aliphatic heterocycles. The maximum absolute atomic E-state index is 12.1. The molecule has 0 spiro atoms. The number of nitrogens with one attached hydrogen (secondary N) is 1. The van der Waals surface area contributed by atoms with Gasteiger partial charge in [-0.3, -0.25) is 0 Å². The van der Waals surface area contributed by atoms with Gasteiger partial charge < -0.3 is 149 Å². The third-order valence-electron chi connectivity index (χ3n) is 16.0. The summed E-state index contributed by atoms with van der Waals surface area (Å²) in [6, 6.07) is 9.65. The minimum absolute atomic E-state index is 0.101. The zero-order valence-corrected chi connectivity index (χ0v) is 42.9. The molecular weight excluding hydrogens is 1060 g/mol. The maximum Gasteiger partial charge on any atom is 0.187 e. The van der Waals surface area contributed by atoms with Crippen LogP contribution in [0.2, 0.25) is 0 Å². The van der Waals surface area contributed by atoms with Gasteiger partial charge in [-0.2, -0.15) is 0 Å². The van der Waals surface area contributed by atoms with Crippen LogP contribution in [-0.2, 0) is 63.3 Å². The van der Waals surface area contributed by atoms with Crippen molar-refractivity contribution in [3.05, 3.63) is 35.9 Å². The van der Waals surface area contributed by atoms with Crippen LogP contribution >= 0.6 is 0 Å². The second kappa shape index (κ2) is 27.4. The first-order chi connectivity index (χ1) is 38.0. The molecule has 12 fully saturated rings. The molecule has 1 aromatic rings. The van der Waals surface area contributed by atoms with Crippen molar-refractivity contribution in [3.63, 3.8) is 0 Å². The predicted molar refractivity (Wildman–Crippen MR) is 255 cm³/mol. The summed E-state index contributed by atoms with van der Waals surface area (Å²) in [7, 11) is 0. The molecule has 30 heteroatoms. The molecule has 17 N–H and O–H groups in total. The quantitative estimate of drug-likeness (QED) is 0.115. The Morgan fingerprint density at radius 2 is 0.734 bits per heavy atom. The van der Waals surface area contributed by atoms with E-state index in [-0.39, 0.29) is 19.6 Å². The molecule has 12 aliphatic rings. The summed E-state index contributed by atoms with van der Waals surface area (Å²) in [6.07, 6.45) is -53.6. The predicted octanol–water partition coefficient (Wildman–Crippen LogP) is -9.72. The Bertz CT molecular complexity index is 2000. The van der Waals surface area contributed by atoms with Gasteiger partial charge >= 0.3 is 0 Å². The number of aryl methyl sites for hydroxylation is 1. The number of aliphatic hydroxyl groups excluding tert-OH is 16. The number of nitrogens with zero attached hydrogens (tertiary/aromatic N) is 1. The van der Waals surface area contributed by atoms with Crippen LogP contribution in [0.25, 0.3) is 0 Å². The van der Waals surface area contributed by atoms with E-state index in [4.69, 9.17) is 56.8 Å². The number of ether oxygens (including phenoxy) is 12. The van der Waals surface area contributed by atoms with Crippen LogP contribution in [0, 0.1) is 0 Å². The van der Waals surface area contributed by atoms with E-state index >= 15 is 0 Å². The minimum atomic E-state index is -2.10. The topological polar surface area (TPSA) is 450 Å². The van der Waals surface area contributed by atoms with E-state index < -0.39 is 211 Å². The Morgan fingerprint density at radius 3 is 1.13 bits per heavy atom.